The SMILES string of the molecule is CCN(CC)c1ccc(C=NC2CCCCC2N=Cc2ccc(N(CC)CC)cc2O)c(O)c1.CCN(CC)c1ccc(C=NCCN=Cc2ccc(N(CC)CC)cc2O)c(O)c1.Oc1ccc(C=NCCN=Cc2ccc(O)cc2O)c(O)c1.Oc1ccc(C=Nc2ccccc2N=Cc2ccc(O)cc2O)c(O)c1. The Kier molecular flexibility index (Phi) is 34.9. The topological polar surface area (TPSA) is 355 Å². The van der Waals surface area contributed by atoms with Gasteiger partial charge in [-0.15, -0.1) is 0 Å². The van der Waals surface area contributed by atoms with Crippen LogP contribution in [-0.4, -0.2) is 202 Å². The van der Waals surface area contributed by atoms with Crippen LogP contribution < -0.4 is 19.6 Å². The van der Waals surface area contributed by atoms with Gasteiger partial charge in [-0.1, -0.05) is 25.0 Å². The molecule has 1 saturated carbocycles. The third-order valence-electron chi connectivity index (χ3n) is 18.3. The molecule has 0 amide bonds. The van der Waals surface area contributed by atoms with Crippen molar-refractivity contribution in [1.82, 2.24) is 0 Å². The summed E-state index contributed by atoms with van der Waals surface area (Å²) in [5, 5.41) is 117. The van der Waals surface area contributed by atoms with Crippen molar-refractivity contribution in [2.75, 3.05) is 98.1 Å². The molecule has 0 bridgehead atoms. The fraction of sp³-hybridized carbons (Fsp3) is 0.295. The molecule has 9 aromatic rings. The van der Waals surface area contributed by atoms with Crippen molar-refractivity contribution in [3.63, 3.8) is 0 Å². The Hall–Kier alpha value is -12.9. The monoisotopic (exact) mass is 1520 g/mol. The van der Waals surface area contributed by atoms with Crippen molar-refractivity contribution in [2.45, 2.75) is 93.2 Å². The highest BCUT2D eigenvalue weighted by atomic mass is 16.3. The molecule has 0 radical (unpaired) electrons. The zero-order valence-corrected chi connectivity index (χ0v) is 65.0. The summed E-state index contributed by atoms with van der Waals surface area (Å²) < 4.78 is 0. The van der Waals surface area contributed by atoms with Crippen LogP contribution in [0.1, 0.15) is 126 Å². The van der Waals surface area contributed by atoms with Gasteiger partial charge in [0.1, 0.15) is 69.0 Å². The van der Waals surface area contributed by atoms with Gasteiger partial charge in [0.05, 0.1) is 49.6 Å². The first-order valence-corrected chi connectivity index (χ1v) is 37.7. The maximum Gasteiger partial charge on any atom is 0.128 e. The van der Waals surface area contributed by atoms with Crippen molar-refractivity contribution in [1.29, 1.82) is 0 Å². The van der Waals surface area contributed by atoms with E-state index in [2.05, 4.69) is 105 Å². The summed E-state index contributed by atoms with van der Waals surface area (Å²) in [6.07, 6.45) is 17.1. The Labute approximate surface area is 656 Å². The third-order valence-corrected chi connectivity index (χ3v) is 18.3. The van der Waals surface area contributed by atoms with Gasteiger partial charge < -0.3 is 80.9 Å². The van der Waals surface area contributed by atoms with Gasteiger partial charge in [-0.05, 0) is 177 Å². The number of anilines is 4. The summed E-state index contributed by atoms with van der Waals surface area (Å²) in [5.74, 6) is 0.645. The molecule has 590 valence electrons. The highest BCUT2D eigenvalue weighted by Gasteiger charge is 2.24. The predicted octanol–water partition coefficient (Wildman–Crippen LogP) is 16.0. The molecular weight excluding hydrogens is 1420 g/mol. The molecule has 9 aromatic carbocycles. The summed E-state index contributed by atoms with van der Waals surface area (Å²) >= 11 is 0. The fourth-order valence-electron chi connectivity index (χ4n) is 11.9. The van der Waals surface area contributed by atoms with Crippen LogP contribution in [0.5, 0.6) is 69.0 Å². The van der Waals surface area contributed by atoms with Crippen LogP contribution >= 0.6 is 0 Å². The summed E-state index contributed by atoms with van der Waals surface area (Å²) in [4.78, 5) is 44.0. The van der Waals surface area contributed by atoms with Gasteiger partial charge in [0, 0.05) is 218 Å². The Morgan fingerprint density at radius 2 is 0.482 bits per heavy atom. The summed E-state index contributed by atoms with van der Waals surface area (Å²) in [6, 6.07) is 47.2. The van der Waals surface area contributed by atoms with Crippen LogP contribution in [0.15, 0.2) is 210 Å². The van der Waals surface area contributed by atoms with E-state index in [4.69, 9.17) is 20.2 Å². The number of aliphatic imine (C=N–C) groups is 8. The minimum atomic E-state index is -0.0799. The number of benzene rings is 9. The van der Waals surface area contributed by atoms with Crippen LogP contribution in [0, 0.1) is 0 Å². The van der Waals surface area contributed by atoms with E-state index in [1.807, 2.05) is 60.7 Å². The Morgan fingerprint density at radius 3 is 0.705 bits per heavy atom. The summed E-state index contributed by atoms with van der Waals surface area (Å²) in [6.45, 7) is 25.8. The van der Waals surface area contributed by atoms with Crippen molar-refractivity contribution in [3.05, 3.63) is 214 Å². The van der Waals surface area contributed by atoms with Crippen LogP contribution in [0.4, 0.5) is 34.1 Å². The first-order valence-electron chi connectivity index (χ1n) is 37.7. The molecule has 112 heavy (non-hydrogen) atoms. The largest absolute Gasteiger partial charge is 0.508 e. The Morgan fingerprint density at radius 1 is 0.268 bits per heavy atom. The quantitative estimate of drug-likeness (QED) is 0.0147. The molecule has 0 saturated heterocycles. The molecule has 10 rings (SSSR count). The molecular formula is C88H106N12O12. The number of hydrogen-bond acceptors (Lipinski definition) is 24. The maximum absolute atomic E-state index is 10.5. The molecule has 2 unspecified atom stereocenters. The van der Waals surface area contributed by atoms with Crippen LogP contribution in [0.3, 0.4) is 0 Å². The molecule has 0 aliphatic heterocycles. The molecule has 2 atom stereocenters. The lowest BCUT2D eigenvalue weighted by atomic mass is 9.91. The van der Waals surface area contributed by atoms with E-state index in [1.54, 1.807) is 85.5 Å². The molecule has 24 nitrogen and oxygen atoms in total. The van der Waals surface area contributed by atoms with Gasteiger partial charge in [-0.25, -0.2) is 0 Å². The van der Waals surface area contributed by atoms with Gasteiger partial charge in [-0.3, -0.25) is 39.9 Å². The molecule has 0 spiro atoms. The van der Waals surface area contributed by atoms with Gasteiger partial charge >= 0.3 is 0 Å². The first-order chi connectivity index (χ1) is 54.1. The minimum Gasteiger partial charge on any atom is -0.508 e. The average molecular weight is 1520 g/mol. The van der Waals surface area contributed by atoms with Gasteiger partial charge in [0.15, 0.2) is 0 Å². The summed E-state index contributed by atoms with van der Waals surface area (Å²) in [7, 11) is 0. The van der Waals surface area contributed by atoms with Crippen LogP contribution in [0.2, 0.25) is 0 Å². The lowest BCUT2D eigenvalue weighted by Crippen LogP contribution is -2.27. The smallest absolute Gasteiger partial charge is 0.128 e. The van der Waals surface area contributed by atoms with Gasteiger partial charge in [0.2, 0.25) is 0 Å². The molecule has 0 aromatic heterocycles. The van der Waals surface area contributed by atoms with Crippen molar-refractivity contribution in [2.24, 2.45) is 39.9 Å². The number of para-hydroxylation sites is 2. The molecule has 1 fully saturated rings. The van der Waals surface area contributed by atoms with Crippen molar-refractivity contribution >= 4 is 83.8 Å². The lowest BCUT2D eigenvalue weighted by molar-refractivity contribution is 0.390. The number of rotatable bonds is 30. The van der Waals surface area contributed by atoms with Gasteiger partial charge in [-0.2, -0.15) is 0 Å². The fourth-order valence-corrected chi connectivity index (χ4v) is 11.9. The van der Waals surface area contributed by atoms with E-state index in [1.165, 1.54) is 73.4 Å². The molecule has 24 heteroatoms. The number of phenols is 12. The molecule has 1 aliphatic carbocycles. The second-order valence-corrected chi connectivity index (χ2v) is 25.8. The van der Waals surface area contributed by atoms with E-state index in [9.17, 15) is 51.1 Å². The number of aromatic hydroxyl groups is 12. The van der Waals surface area contributed by atoms with E-state index in [-0.39, 0.29) is 81.1 Å². The number of nitrogens with zero attached hydrogens (tertiary/aromatic N) is 12. The van der Waals surface area contributed by atoms with Crippen molar-refractivity contribution in [3.8, 4) is 69.0 Å². The lowest BCUT2D eigenvalue weighted by Gasteiger charge is -2.25. The standard InChI is InChI=1S/C28H40N4O2.C24H34N4O2.C20H16N2O4.C16H16N2O4/c1-5-31(6-2)23-15-13-21(27(33)17-23)19-29-25-11-9-10-12-26(25)30-20-22-14-16-24(18-28(22)34)32(7-3)8-4;1-5-27(6-2)21-11-9-19(23(29)15-21)17-25-13-14-26-18-20-10-12-22(16-24(20)30)28(7-3)8-4;23-15-7-5-13(19(25)9-15)11-21-17-3-1-2-4-18(17)22-12-14-6-8-16(24)10-20(14)26;19-13-3-1-11(15(21)7-13)9-17-5-6-18-10-12-2-4-14(20)8-16(12)22/h13-20,25-26,33-34H,5-12H2,1-4H3;9-12,15-18,29-30H,5-8,13-14H2,1-4H3;1-12,23-26H;1-4,7-10,19-22H,5-6H2. The third kappa shape index (κ3) is 26.8. The zero-order chi connectivity index (χ0) is 80.9. The van der Waals surface area contributed by atoms with E-state index < -0.39 is 0 Å². The Bertz CT molecular complexity index is 4420. The average Bonchev–Trinajstić information content (AvgIpc) is 0.870. The minimum absolute atomic E-state index is 0.00652. The van der Waals surface area contributed by atoms with Gasteiger partial charge in [0.25, 0.3) is 0 Å². The molecule has 1 aliphatic rings. The number of hydrogen-bond donors (Lipinski definition) is 12. The Balaban J connectivity index is 0.000000210. The van der Waals surface area contributed by atoms with E-state index in [0.29, 0.717) is 70.9 Å². The van der Waals surface area contributed by atoms with Crippen LogP contribution in [-0.2, 0) is 0 Å². The highest BCUT2D eigenvalue weighted by molar-refractivity contribution is 5.91. The van der Waals surface area contributed by atoms with Crippen molar-refractivity contribution < 1.29 is 61.3 Å². The summed E-state index contributed by atoms with van der Waals surface area (Å²) in [5.41, 5.74) is 9.97. The van der Waals surface area contributed by atoms with E-state index >= 15 is 0 Å². The second-order valence-electron chi connectivity index (χ2n) is 25.8. The normalized spacial score (nSPS) is 13.6. The van der Waals surface area contributed by atoms with Crippen LogP contribution in [0.25, 0.3) is 0 Å². The maximum atomic E-state index is 10.5. The molecule has 12 N–H and O–H groups in total. The van der Waals surface area contributed by atoms with E-state index in [0.717, 1.165) is 112 Å². The first kappa shape index (κ1) is 86.4. The number of phenolic OH excluding ortho intramolecular Hbond substituents is 12. The molecule has 0 heterocycles. The highest BCUT2D eigenvalue weighted by Crippen LogP contribution is 2.33. The predicted molar refractivity (Wildman–Crippen MR) is 458 cm³/mol. The second kappa shape index (κ2) is 45.2. The zero-order valence-electron chi connectivity index (χ0n) is 65.0.